The molecule has 0 saturated heterocycles. The second-order valence-electron chi connectivity index (χ2n) is 3.82. The molecule has 0 radical (unpaired) electrons. The van der Waals surface area contributed by atoms with Crippen LogP contribution in [-0.4, -0.2) is 13.5 Å². The summed E-state index contributed by atoms with van der Waals surface area (Å²) in [5.41, 5.74) is 0.00331. The molecular formula is C12H8BrCl2NO3S. The number of hydrogen-bond donors (Lipinski definition) is 2. The van der Waals surface area contributed by atoms with Gasteiger partial charge in [-0.15, -0.1) is 0 Å². The van der Waals surface area contributed by atoms with E-state index in [1.165, 1.54) is 36.4 Å². The molecular weight excluding hydrogens is 389 g/mol. The van der Waals surface area contributed by atoms with Crippen molar-refractivity contribution in [2.45, 2.75) is 4.90 Å². The van der Waals surface area contributed by atoms with E-state index < -0.39 is 10.0 Å². The van der Waals surface area contributed by atoms with Crippen molar-refractivity contribution in [3.05, 3.63) is 50.9 Å². The van der Waals surface area contributed by atoms with Crippen LogP contribution in [0.2, 0.25) is 10.0 Å². The molecule has 0 spiro atoms. The zero-order chi connectivity index (χ0) is 14.9. The predicted molar refractivity (Wildman–Crippen MR) is 83.1 cm³/mol. The van der Waals surface area contributed by atoms with Crippen molar-refractivity contribution >= 4 is 54.8 Å². The van der Waals surface area contributed by atoms with Crippen LogP contribution in [0.3, 0.4) is 0 Å². The molecule has 0 aromatic heterocycles. The van der Waals surface area contributed by atoms with E-state index in [0.717, 1.165) is 0 Å². The Bertz CT molecular complexity index is 765. The van der Waals surface area contributed by atoms with Gasteiger partial charge in [0.25, 0.3) is 10.0 Å². The third-order valence-electron chi connectivity index (χ3n) is 2.43. The fourth-order valence-corrected chi connectivity index (χ4v) is 3.36. The molecule has 0 heterocycles. The van der Waals surface area contributed by atoms with Crippen LogP contribution >= 0.6 is 39.1 Å². The van der Waals surface area contributed by atoms with Gasteiger partial charge in [-0.1, -0.05) is 29.3 Å². The number of para-hydroxylation sites is 1. The third-order valence-corrected chi connectivity index (χ3v) is 5.31. The highest BCUT2D eigenvalue weighted by Gasteiger charge is 2.18. The van der Waals surface area contributed by atoms with Gasteiger partial charge in [0.15, 0.2) is 5.75 Å². The number of phenols is 1. The van der Waals surface area contributed by atoms with Gasteiger partial charge in [0, 0.05) is 4.47 Å². The lowest BCUT2D eigenvalue weighted by atomic mass is 10.3. The maximum atomic E-state index is 12.2. The molecule has 8 heteroatoms. The van der Waals surface area contributed by atoms with Crippen LogP contribution in [0.15, 0.2) is 45.8 Å². The summed E-state index contributed by atoms with van der Waals surface area (Å²) in [7, 11) is -3.85. The summed E-state index contributed by atoms with van der Waals surface area (Å²) in [6.45, 7) is 0. The fraction of sp³-hybridized carbons (Fsp3) is 0. The van der Waals surface area contributed by atoms with Crippen molar-refractivity contribution in [2.24, 2.45) is 0 Å². The summed E-state index contributed by atoms with van der Waals surface area (Å²) in [5, 5.41) is 10.2. The Hall–Kier alpha value is -0.950. The van der Waals surface area contributed by atoms with E-state index in [0.29, 0.717) is 9.50 Å². The van der Waals surface area contributed by atoms with Gasteiger partial charge in [0.05, 0.1) is 20.6 Å². The van der Waals surface area contributed by atoms with E-state index in [9.17, 15) is 13.5 Å². The third kappa shape index (κ3) is 3.20. The van der Waals surface area contributed by atoms with Crippen molar-refractivity contribution in [3.63, 3.8) is 0 Å². The molecule has 4 nitrogen and oxygen atoms in total. The quantitative estimate of drug-likeness (QED) is 0.761. The van der Waals surface area contributed by atoms with Gasteiger partial charge in [-0.25, -0.2) is 8.42 Å². The van der Waals surface area contributed by atoms with Gasteiger partial charge in [-0.3, -0.25) is 4.72 Å². The van der Waals surface area contributed by atoms with Gasteiger partial charge >= 0.3 is 0 Å². The van der Waals surface area contributed by atoms with Gasteiger partial charge in [-0.05, 0) is 46.3 Å². The molecule has 2 N–H and O–H groups in total. The molecule has 0 saturated carbocycles. The maximum Gasteiger partial charge on any atom is 0.262 e. The Labute approximate surface area is 134 Å². The first-order chi connectivity index (χ1) is 9.31. The highest BCUT2D eigenvalue weighted by Crippen LogP contribution is 2.33. The SMILES string of the molecule is O=S(=O)(Nc1cccc(Cl)c1O)c1ccc(Cl)c(Br)c1. The summed E-state index contributed by atoms with van der Waals surface area (Å²) >= 11 is 14.7. The number of anilines is 1. The molecule has 0 fully saturated rings. The van der Waals surface area contributed by atoms with E-state index in [4.69, 9.17) is 23.2 Å². The molecule has 0 amide bonds. The number of nitrogens with one attached hydrogen (secondary N) is 1. The topological polar surface area (TPSA) is 66.4 Å². The van der Waals surface area contributed by atoms with Crippen molar-refractivity contribution < 1.29 is 13.5 Å². The Morgan fingerprint density at radius 3 is 2.45 bits per heavy atom. The average Bonchev–Trinajstić information content (AvgIpc) is 2.38. The molecule has 0 aliphatic rings. The zero-order valence-corrected chi connectivity index (χ0v) is 13.7. The summed E-state index contributed by atoms with van der Waals surface area (Å²) in [6, 6.07) is 8.57. The minimum atomic E-state index is -3.85. The summed E-state index contributed by atoms with van der Waals surface area (Å²) in [4.78, 5) is 0.00755. The second-order valence-corrected chi connectivity index (χ2v) is 7.17. The first-order valence-corrected chi connectivity index (χ1v) is 8.30. The Balaban J connectivity index is 2.41. The van der Waals surface area contributed by atoms with Crippen LogP contribution < -0.4 is 4.72 Å². The van der Waals surface area contributed by atoms with Crippen LogP contribution in [0.4, 0.5) is 5.69 Å². The highest BCUT2D eigenvalue weighted by atomic mass is 79.9. The molecule has 2 aromatic rings. The lowest BCUT2D eigenvalue weighted by Crippen LogP contribution is -2.13. The minimum Gasteiger partial charge on any atom is -0.504 e. The molecule has 0 atom stereocenters. The van der Waals surface area contributed by atoms with Crippen molar-refractivity contribution in [3.8, 4) is 5.75 Å². The Kier molecular flexibility index (Phi) is 4.49. The van der Waals surface area contributed by atoms with Crippen LogP contribution in [-0.2, 0) is 10.0 Å². The van der Waals surface area contributed by atoms with E-state index in [-0.39, 0.29) is 21.4 Å². The van der Waals surface area contributed by atoms with E-state index in [2.05, 4.69) is 20.7 Å². The number of aromatic hydroxyl groups is 1. The van der Waals surface area contributed by atoms with Gasteiger partial charge in [0.2, 0.25) is 0 Å². The molecule has 0 aliphatic heterocycles. The number of halogens is 3. The van der Waals surface area contributed by atoms with Crippen LogP contribution in [0.25, 0.3) is 0 Å². The lowest BCUT2D eigenvalue weighted by Gasteiger charge is -2.10. The highest BCUT2D eigenvalue weighted by molar-refractivity contribution is 9.10. The van der Waals surface area contributed by atoms with Gasteiger partial charge in [0.1, 0.15) is 0 Å². The normalized spacial score (nSPS) is 11.3. The van der Waals surface area contributed by atoms with Crippen LogP contribution in [0.1, 0.15) is 0 Å². The van der Waals surface area contributed by atoms with Crippen LogP contribution in [0, 0.1) is 0 Å². The molecule has 0 unspecified atom stereocenters. The largest absolute Gasteiger partial charge is 0.504 e. The van der Waals surface area contributed by atoms with Gasteiger partial charge in [-0.2, -0.15) is 0 Å². The molecule has 106 valence electrons. The number of phenolic OH excluding ortho intramolecular Hbond substituents is 1. The van der Waals surface area contributed by atoms with E-state index >= 15 is 0 Å². The standard InChI is InChI=1S/C12H8BrCl2NO3S/c13-8-6-7(4-5-9(8)14)20(18,19)16-11-3-1-2-10(15)12(11)17/h1-6,16-17H. The second kappa shape index (κ2) is 5.81. The van der Waals surface area contributed by atoms with Crippen molar-refractivity contribution in [2.75, 3.05) is 4.72 Å². The zero-order valence-electron chi connectivity index (χ0n) is 9.77. The Morgan fingerprint density at radius 1 is 1.10 bits per heavy atom. The predicted octanol–water partition coefficient (Wildman–Crippen LogP) is 4.26. The number of benzene rings is 2. The average molecular weight is 397 g/mol. The van der Waals surface area contributed by atoms with E-state index in [1.54, 1.807) is 0 Å². The number of sulfonamides is 1. The summed E-state index contributed by atoms with van der Waals surface area (Å²) < 4.78 is 27.1. The molecule has 2 rings (SSSR count). The molecule has 20 heavy (non-hydrogen) atoms. The Morgan fingerprint density at radius 2 is 1.80 bits per heavy atom. The van der Waals surface area contributed by atoms with Gasteiger partial charge < -0.3 is 5.11 Å². The molecule has 2 aromatic carbocycles. The smallest absolute Gasteiger partial charge is 0.262 e. The maximum absolute atomic E-state index is 12.2. The van der Waals surface area contributed by atoms with Crippen LogP contribution in [0.5, 0.6) is 5.75 Å². The van der Waals surface area contributed by atoms with Crippen molar-refractivity contribution in [1.82, 2.24) is 0 Å². The number of hydrogen-bond acceptors (Lipinski definition) is 3. The van der Waals surface area contributed by atoms with E-state index in [1.807, 2.05) is 0 Å². The molecule has 0 bridgehead atoms. The number of rotatable bonds is 3. The minimum absolute atomic E-state index is 0.00331. The lowest BCUT2D eigenvalue weighted by molar-refractivity contribution is 0.478. The molecule has 0 aliphatic carbocycles. The first-order valence-electron chi connectivity index (χ1n) is 5.26. The summed E-state index contributed by atoms with van der Waals surface area (Å²) in [6.07, 6.45) is 0. The summed E-state index contributed by atoms with van der Waals surface area (Å²) in [5.74, 6) is -0.328. The fourth-order valence-electron chi connectivity index (χ4n) is 1.45. The van der Waals surface area contributed by atoms with Crippen molar-refractivity contribution in [1.29, 1.82) is 0 Å². The monoisotopic (exact) mass is 395 g/mol. The first kappa shape index (κ1) is 15.4.